The van der Waals surface area contributed by atoms with Crippen LogP contribution in [0.15, 0.2) is 54.7 Å². The standard InChI is InChI=1S/C18H20N4O2/c23-17-10-16(13-22(17)12-14-6-2-1-3-7-14)21-18(24)20-11-15-8-4-5-9-19-15/h1-9,16H,10-13H2,(H2,20,21,24). The van der Waals surface area contributed by atoms with E-state index in [0.717, 1.165) is 11.3 Å². The monoisotopic (exact) mass is 324 g/mol. The summed E-state index contributed by atoms with van der Waals surface area (Å²) in [6, 6.07) is 15.0. The van der Waals surface area contributed by atoms with Crippen LogP contribution in [0, 0.1) is 0 Å². The Kier molecular flexibility index (Phi) is 5.05. The number of rotatable bonds is 5. The fourth-order valence-corrected chi connectivity index (χ4v) is 2.74. The Morgan fingerprint density at radius 3 is 2.71 bits per heavy atom. The highest BCUT2D eigenvalue weighted by atomic mass is 16.2. The van der Waals surface area contributed by atoms with Gasteiger partial charge in [-0.3, -0.25) is 9.78 Å². The molecule has 6 nitrogen and oxygen atoms in total. The van der Waals surface area contributed by atoms with Gasteiger partial charge in [0.25, 0.3) is 0 Å². The maximum atomic E-state index is 12.1. The Labute approximate surface area is 140 Å². The van der Waals surface area contributed by atoms with Crippen LogP contribution < -0.4 is 10.6 Å². The molecule has 1 aliphatic rings. The molecule has 2 aromatic rings. The number of likely N-dealkylation sites (tertiary alicyclic amines) is 1. The number of hydrogen-bond acceptors (Lipinski definition) is 3. The molecular weight excluding hydrogens is 304 g/mol. The van der Waals surface area contributed by atoms with E-state index in [4.69, 9.17) is 0 Å². The average molecular weight is 324 g/mol. The van der Waals surface area contributed by atoms with Gasteiger partial charge >= 0.3 is 6.03 Å². The largest absolute Gasteiger partial charge is 0.336 e. The quantitative estimate of drug-likeness (QED) is 0.879. The summed E-state index contributed by atoms with van der Waals surface area (Å²) in [5, 5.41) is 5.62. The highest BCUT2D eigenvalue weighted by molar-refractivity contribution is 5.81. The van der Waals surface area contributed by atoms with Gasteiger partial charge in [0.2, 0.25) is 5.91 Å². The molecule has 1 saturated heterocycles. The Bertz CT molecular complexity index is 691. The zero-order valence-corrected chi connectivity index (χ0v) is 13.3. The van der Waals surface area contributed by atoms with Crippen molar-refractivity contribution in [3.8, 4) is 0 Å². The lowest BCUT2D eigenvalue weighted by atomic mass is 10.2. The molecule has 1 fully saturated rings. The zero-order chi connectivity index (χ0) is 16.8. The molecule has 1 atom stereocenters. The number of carbonyl (C=O) groups excluding carboxylic acids is 2. The number of benzene rings is 1. The first-order valence-electron chi connectivity index (χ1n) is 7.96. The Morgan fingerprint density at radius 1 is 1.17 bits per heavy atom. The van der Waals surface area contributed by atoms with Crippen LogP contribution in [0.1, 0.15) is 17.7 Å². The highest BCUT2D eigenvalue weighted by Crippen LogP contribution is 2.15. The van der Waals surface area contributed by atoms with E-state index in [1.807, 2.05) is 48.5 Å². The Balaban J connectivity index is 1.46. The van der Waals surface area contributed by atoms with Crippen molar-refractivity contribution < 1.29 is 9.59 Å². The van der Waals surface area contributed by atoms with E-state index in [0.29, 0.717) is 26.1 Å². The van der Waals surface area contributed by atoms with Crippen molar-refractivity contribution in [3.05, 3.63) is 66.0 Å². The molecule has 0 spiro atoms. The minimum absolute atomic E-state index is 0.0638. The summed E-state index contributed by atoms with van der Waals surface area (Å²) in [5.74, 6) is 0.0638. The molecule has 2 N–H and O–H groups in total. The van der Waals surface area contributed by atoms with Crippen molar-refractivity contribution in [2.45, 2.75) is 25.6 Å². The summed E-state index contributed by atoms with van der Waals surface area (Å²) in [6.07, 6.45) is 2.02. The first-order chi connectivity index (χ1) is 11.7. The van der Waals surface area contributed by atoms with Crippen molar-refractivity contribution in [3.63, 3.8) is 0 Å². The molecule has 124 valence electrons. The van der Waals surface area contributed by atoms with Gasteiger partial charge in [-0.2, -0.15) is 0 Å². The molecule has 1 aromatic carbocycles. The van der Waals surface area contributed by atoms with Gasteiger partial charge in [0.15, 0.2) is 0 Å². The second kappa shape index (κ2) is 7.59. The summed E-state index contributed by atoms with van der Waals surface area (Å²) < 4.78 is 0. The van der Waals surface area contributed by atoms with Crippen LogP contribution in [-0.2, 0) is 17.9 Å². The lowest BCUT2D eigenvalue weighted by molar-refractivity contribution is -0.128. The summed E-state index contributed by atoms with van der Waals surface area (Å²) in [4.78, 5) is 30.0. The van der Waals surface area contributed by atoms with Crippen LogP contribution in [0.2, 0.25) is 0 Å². The minimum Gasteiger partial charge on any atom is -0.336 e. The third-order valence-corrected chi connectivity index (χ3v) is 3.92. The van der Waals surface area contributed by atoms with Crippen LogP contribution in [0.5, 0.6) is 0 Å². The Morgan fingerprint density at radius 2 is 1.96 bits per heavy atom. The molecule has 1 unspecified atom stereocenters. The first kappa shape index (κ1) is 16.0. The SMILES string of the molecule is O=C(NCc1ccccn1)NC1CC(=O)N(Cc2ccccc2)C1. The van der Waals surface area contributed by atoms with Crippen LogP contribution in [0.3, 0.4) is 0 Å². The first-order valence-corrected chi connectivity index (χ1v) is 7.96. The van der Waals surface area contributed by atoms with E-state index in [2.05, 4.69) is 15.6 Å². The Hall–Kier alpha value is -2.89. The third kappa shape index (κ3) is 4.32. The van der Waals surface area contributed by atoms with Gasteiger partial charge in [-0.25, -0.2) is 4.79 Å². The minimum atomic E-state index is -0.278. The predicted octanol–water partition coefficient (Wildman–Crippen LogP) is 1.68. The molecular formula is C18H20N4O2. The topological polar surface area (TPSA) is 74.3 Å². The van der Waals surface area contributed by atoms with Crippen molar-refractivity contribution in [2.75, 3.05) is 6.54 Å². The van der Waals surface area contributed by atoms with E-state index in [9.17, 15) is 9.59 Å². The summed E-state index contributed by atoms with van der Waals surface area (Å²) in [7, 11) is 0. The van der Waals surface area contributed by atoms with Gasteiger partial charge in [-0.05, 0) is 17.7 Å². The van der Waals surface area contributed by atoms with E-state index in [1.54, 1.807) is 11.1 Å². The van der Waals surface area contributed by atoms with Crippen molar-refractivity contribution in [1.29, 1.82) is 0 Å². The van der Waals surface area contributed by atoms with Gasteiger partial charge < -0.3 is 15.5 Å². The maximum absolute atomic E-state index is 12.1. The number of nitrogens with zero attached hydrogens (tertiary/aromatic N) is 2. The van der Waals surface area contributed by atoms with Crippen molar-refractivity contribution >= 4 is 11.9 Å². The predicted molar refractivity (Wildman–Crippen MR) is 89.9 cm³/mol. The molecule has 2 heterocycles. The number of carbonyl (C=O) groups is 2. The number of pyridine rings is 1. The van der Waals surface area contributed by atoms with Gasteiger partial charge in [0.1, 0.15) is 0 Å². The van der Waals surface area contributed by atoms with E-state index >= 15 is 0 Å². The van der Waals surface area contributed by atoms with Gasteiger partial charge in [-0.15, -0.1) is 0 Å². The second-order valence-corrected chi connectivity index (χ2v) is 5.81. The smallest absolute Gasteiger partial charge is 0.315 e. The van der Waals surface area contributed by atoms with Crippen LogP contribution in [-0.4, -0.2) is 34.4 Å². The normalized spacial score (nSPS) is 16.9. The van der Waals surface area contributed by atoms with Crippen LogP contribution in [0.25, 0.3) is 0 Å². The van der Waals surface area contributed by atoms with E-state index in [1.165, 1.54) is 0 Å². The molecule has 0 saturated carbocycles. The lowest BCUT2D eigenvalue weighted by Crippen LogP contribution is -2.43. The molecule has 0 radical (unpaired) electrons. The lowest BCUT2D eigenvalue weighted by Gasteiger charge is -2.17. The highest BCUT2D eigenvalue weighted by Gasteiger charge is 2.30. The van der Waals surface area contributed by atoms with Gasteiger partial charge in [0.05, 0.1) is 18.3 Å². The van der Waals surface area contributed by atoms with Crippen molar-refractivity contribution in [2.24, 2.45) is 0 Å². The number of hydrogen-bond donors (Lipinski definition) is 2. The van der Waals surface area contributed by atoms with Crippen LogP contribution in [0.4, 0.5) is 4.79 Å². The van der Waals surface area contributed by atoms with Gasteiger partial charge in [-0.1, -0.05) is 36.4 Å². The molecule has 1 aliphatic heterocycles. The fourth-order valence-electron chi connectivity index (χ4n) is 2.74. The summed E-state index contributed by atoms with van der Waals surface area (Å²) >= 11 is 0. The molecule has 3 amide bonds. The molecule has 0 bridgehead atoms. The second-order valence-electron chi connectivity index (χ2n) is 5.81. The molecule has 1 aromatic heterocycles. The van der Waals surface area contributed by atoms with Crippen LogP contribution >= 0.6 is 0 Å². The number of urea groups is 1. The third-order valence-electron chi connectivity index (χ3n) is 3.92. The van der Waals surface area contributed by atoms with Crippen molar-refractivity contribution in [1.82, 2.24) is 20.5 Å². The van der Waals surface area contributed by atoms with E-state index < -0.39 is 0 Å². The van der Waals surface area contributed by atoms with Gasteiger partial charge in [0, 0.05) is 25.7 Å². The number of aromatic nitrogens is 1. The molecule has 6 heteroatoms. The number of nitrogens with one attached hydrogen (secondary N) is 2. The zero-order valence-electron chi connectivity index (χ0n) is 13.3. The summed E-state index contributed by atoms with van der Waals surface area (Å²) in [6.45, 7) is 1.47. The maximum Gasteiger partial charge on any atom is 0.315 e. The number of amides is 3. The molecule has 24 heavy (non-hydrogen) atoms. The molecule has 0 aliphatic carbocycles. The average Bonchev–Trinajstić information content (AvgIpc) is 2.94. The van der Waals surface area contributed by atoms with E-state index in [-0.39, 0.29) is 18.0 Å². The summed E-state index contributed by atoms with van der Waals surface area (Å²) in [5.41, 5.74) is 1.88. The fraction of sp³-hybridized carbons (Fsp3) is 0.278. The molecule has 3 rings (SSSR count).